The van der Waals surface area contributed by atoms with E-state index in [1.165, 1.54) is 45.4 Å². The molecule has 0 radical (unpaired) electrons. The van der Waals surface area contributed by atoms with E-state index in [0.717, 1.165) is 12.8 Å². The van der Waals surface area contributed by atoms with Gasteiger partial charge in [0.25, 0.3) is 0 Å². The van der Waals surface area contributed by atoms with Gasteiger partial charge in [-0.05, 0) is 13.3 Å². The number of carbonyl (C=O) groups is 2. The normalized spacial score (nSPS) is 23.2. The number of carbonyl (C=O) groups excluding carboxylic acids is 2. The predicted octanol–water partition coefficient (Wildman–Crippen LogP) is 3.88. The molecule has 1 amide bonds. The van der Waals surface area contributed by atoms with Crippen LogP contribution < -0.4 is 0 Å². The molecule has 1 rings (SSSR count). The van der Waals surface area contributed by atoms with Crippen LogP contribution in [0.3, 0.4) is 0 Å². The largest absolute Gasteiger partial charge is 0.440 e. The molecule has 1 fully saturated rings. The summed E-state index contributed by atoms with van der Waals surface area (Å²) in [5.74, 6) is -0.148. The lowest BCUT2D eigenvalue weighted by Gasteiger charge is -2.27. The van der Waals surface area contributed by atoms with Gasteiger partial charge >= 0.3 is 5.97 Å². The molecule has 0 aliphatic carbocycles. The van der Waals surface area contributed by atoms with Crippen molar-refractivity contribution in [1.29, 1.82) is 0 Å². The first-order chi connectivity index (χ1) is 9.99. The molecule has 4 heteroatoms. The van der Waals surface area contributed by atoms with Gasteiger partial charge in [0.1, 0.15) is 6.04 Å². The van der Waals surface area contributed by atoms with Crippen LogP contribution in [0.2, 0.25) is 0 Å². The van der Waals surface area contributed by atoms with Crippen LogP contribution in [0.1, 0.15) is 79.1 Å². The minimum atomic E-state index is -0.441. The van der Waals surface area contributed by atoms with Crippen molar-refractivity contribution < 1.29 is 14.3 Å². The molecule has 0 N–H and O–H groups in total. The fourth-order valence-corrected chi connectivity index (χ4v) is 3.02. The number of rotatable bonds is 9. The first-order valence-corrected chi connectivity index (χ1v) is 8.48. The number of ether oxygens (including phenoxy) is 1. The van der Waals surface area contributed by atoms with E-state index in [4.69, 9.17) is 4.74 Å². The van der Waals surface area contributed by atoms with Crippen LogP contribution in [0.15, 0.2) is 0 Å². The Morgan fingerprint density at radius 1 is 1.19 bits per heavy atom. The van der Waals surface area contributed by atoms with E-state index in [1.807, 2.05) is 0 Å². The maximum atomic E-state index is 11.7. The summed E-state index contributed by atoms with van der Waals surface area (Å²) in [6.45, 7) is 7.55. The summed E-state index contributed by atoms with van der Waals surface area (Å²) in [5.41, 5.74) is 0. The third-order valence-electron chi connectivity index (χ3n) is 4.38. The SMILES string of the molecule is CCCCCCCCCC(C)C1OC(=O)[C@H](C)N1C(C)=O. The van der Waals surface area contributed by atoms with Crippen molar-refractivity contribution in [1.82, 2.24) is 4.90 Å². The minimum absolute atomic E-state index is 0.0789. The average Bonchev–Trinajstić information content (AvgIpc) is 2.74. The first-order valence-electron chi connectivity index (χ1n) is 8.48. The molecule has 3 atom stereocenters. The van der Waals surface area contributed by atoms with E-state index < -0.39 is 6.04 Å². The maximum Gasteiger partial charge on any atom is 0.330 e. The number of unbranched alkanes of at least 4 members (excludes halogenated alkanes) is 6. The minimum Gasteiger partial charge on any atom is -0.440 e. The van der Waals surface area contributed by atoms with Crippen LogP contribution in [-0.2, 0) is 14.3 Å². The standard InChI is InChI=1S/C17H31NO3/c1-5-6-7-8-9-10-11-12-13(2)16-18(15(4)19)14(3)17(20)21-16/h13-14,16H,5-12H2,1-4H3/t13?,14-,16?/m0/s1. The maximum absolute atomic E-state index is 11.7. The Morgan fingerprint density at radius 2 is 1.76 bits per heavy atom. The molecule has 0 aromatic carbocycles. The fraction of sp³-hybridized carbons (Fsp3) is 0.882. The van der Waals surface area contributed by atoms with Crippen LogP contribution >= 0.6 is 0 Å². The Morgan fingerprint density at radius 3 is 2.33 bits per heavy atom. The molecule has 21 heavy (non-hydrogen) atoms. The Kier molecular flexibility index (Phi) is 7.76. The molecule has 2 unspecified atom stereocenters. The molecule has 0 bridgehead atoms. The third kappa shape index (κ3) is 5.33. The second kappa shape index (κ2) is 9.06. The summed E-state index contributed by atoms with van der Waals surface area (Å²) in [6.07, 6.45) is 9.55. The second-order valence-electron chi connectivity index (χ2n) is 6.32. The van der Waals surface area contributed by atoms with Crippen molar-refractivity contribution in [3.8, 4) is 0 Å². The lowest BCUT2D eigenvalue weighted by atomic mass is 9.99. The number of hydrogen-bond acceptors (Lipinski definition) is 3. The summed E-state index contributed by atoms with van der Waals surface area (Å²) >= 11 is 0. The molecular formula is C17H31NO3. The smallest absolute Gasteiger partial charge is 0.330 e. The number of cyclic esters (lactones) is 1. The van der Waals surface area contributed by atoms with Gasteiger partial charge in [-0.1, -0.05) is 58.8 Å². The highest BCUT2D eigenvalue weighted by Gasteiger charge is 2.43. The zero-order chi connectivity index (χ0) is 15.8. The molecule has 1 saturated heterocycles. The van der Waals surface area contributed by atoms with E-state index in [0.29, 0.717) is 0 Å². The van der Waals surface area contributed by atoms with Crippen molar-refractivity contribution in [2.45, 2.75) is 91.3 Å². The van der Waals surface area contributed by atoms with Gasteiger partial charge in [0.05, 0.1) is 0 Å². The van der Waals surface area contributed by atoms with Gasteiger partial charge in [0.2, 0.25) is 5.91 Å². The molecule has 1 aliphatic rings. The Hall–Kier alpha value is -1.06. The highest BCUT2D eigenvalue weighted by atomic mass is 16.6. The summed E-state index contributed by atoms with van der Waals surface area (Å²) in [5, 5.41) is 0. The molecule has 0 spiro atoms. The van der Waals surface area contributed by atoms with Crippen molar-refractivity contribution in [2.75, 3.05) is 0 Å². The second-order valence-corrected chi connectivity index (χ2v) is 6.32. The number of esters is 1. The van der Waals surface area contributed by atoms with Crippen molar-refractivity contribution in [3.05, 3.63) is 0 Å². The molecule has 0 aromatic rings. The number of nitrogens with zero attached hydrogens (tertiary/aromatic N) is 1. The molecule has 1 heterocycles. The molecule has 4 nitrogen and oxygen atoms in total. The van der Waals surface area contributed by atoms with Gasteiger partial charge < -0.3 is 4.74 Å². The zero-order valence-electron chi connectivity index (χ0n) is 14.1. The van der Waals surface area contributed by atoms with Crippen molar-refractivity contribution in [3.63, 3.8) is 0 Å². The monoisotopic (exact) mass is 297 g/mol. The van der Waals surface area contributed by atoms with Gasteiger partial charge in [0.15, 0.2) is 6.23 Å². The Labute approximate surface area is 129 Å². The van der Waals surface area contributed by atoms with Crippen LogP contribution in [0.25, 0.3) is 0 Å². The van der Waals surface area contributed by atoms with Crippen LogP contribution in [0, 0.1) is 5.92 Å². The Balaban J connectivity index is 2.29. The molecule has 122 valence electrons. The van der Waals surface area contributed by atoms with Gasteiger partial charge in [-0.25, -0.2) is 4.79 Å². The molecular weight excluding hydrogens is 266 g/mol. The van der Waals surface area contributed by atoms with E-state index in [2.05, 4.69) is 13.8 Å². The summed E-state index contributed by atoms with van der Waals surface area (Å²) < 4.78 is 5.39. The lowest BCUT2D eigenvalue weighted by Crippen LogP contribution is -2.42. The number of hydrogen-bond donors (Lipinski definition) is 0. The van der Waals surface area contributed by atoms with Gasteiger partial charge in [-0.3, -0.25) is 9.69 Å². The molecule has 0 aromatic heterocycles. The van der Waals surface area contributed by atoms with Gasteiger partial charge in [-0.2, -0.15) is 0 Å². The zero-order valence-corrected chi connectivity index (χ0v) is 14.1. The van der Waals surface area contributed by atoms with Crippen LogP contribution in [0.4, 0.5) is 0 Å². The van der Waals surface area contributed by atoms with Crippen LogP contribution in [-0.4, -0.2) is 29.0 Å². The van der Waals surface area contributed by atoms with Crippen molar-refractivity contribution in [2.24, 2.45) is 5.92 Å². The van der Waals surface area contributed by atoms with Gasteiger partial charge in [0, 0.05) is 12.8 Å². The third-order valence-corrected chi connectivity index (χ3v) is 4.38. The van der Waals surface area contributed by atoms with Crippen molar-refractivity contribution >= 4 is 11.9 Å². The van der Waals surface area contributed by atoms with Crippen LogP contribution in [0.5, 0.6) is 0 Å². The first kappa shape index (κ1) is 18.0. The average molecular weight is 297 g/mol. The van der Waals surface area contributed by atoms with Gasteiger partial charge in [-0.15, -0.1) is 0 Å². The summed E-state index contributed by atoms with van der Waals surface area (Å²) in [4.78, 5) is 24.9. The fourth-order valence-electron chi connectivity index (χ4n) is 3.02. The van der Waals surface area contributed by atoms with E-state index in [9.17, 15) is 9.59 Å². The topological polar surface area (TPSA) is 46.6 Å². The van der Waals surface area contributed by atoms with E-state index in [-0.39, 0.29) is 24.0 Å². The highest BCUT2D eigenvalue weighted by Crippen LogP contribution is 2.27. The summed E-state index contributed by atoms with van der Waals surface area (Å²) in [6, 6.07) is -0.441. The molecule has 1 aliphatic heterocycles. The van der Waals surface area contributed by atoms with E-state index in [1.54, 1.807) is 11.8 Å². The highest BCUT2D eigenvalue weighted by molar-refractivity contribution is 5.85. The molecule has 0 saturated carbocycles. The summed E-state index contributed by atoms with van der Waals surface area (Å²) in [7, 11) is 0. The Bertz CT molecular complexity index is 343. The number of amides is 1. The lowest BCUT2D eigenvalue weighted by molar-refractivity contribution is -0.146. The quantitative estimate of drug-likeness (QED) is 0.479. The predicted molar refractivity (Wildman–Crippen MR) is 83.6 cm³/mol. The van der Waals surface area contributed by atoms with E-state index >= 15 is 0 Å².